The molecule has 0 aliphatic heterocycles. The van der Waals surface area contributed by atoms with Crippen molar-refractivity contribution in [2.75, 3.05) is 0 Å². The normalized spacial score (nSPS) is 16.9. The van der Waals surface area contributed by atoms with E-state index in [1.165, 1.54) is 12.1 Å². The lowest BCUT2D eigenvalue weighted by atomic mass is 10.2. The Balaban J connectivity index is 1.94. The fourth-order valence-electron chi connectivity index (χ4n) is 1.37. The Kier molecular flexibility index (Phi) is 2.86. The zero-order valence-electron chi connectivity index (χ0n) is 8.59. The summed E-state index contributed by atoms with van der Waals surface area (Å²) in [7, 11) is 0. The highest BCUT2D eigenvalue weighted by Crippen LogP contribution is 2.32. The van der Waals surface area contributed by atoms with E-state index in [4.69, 9.17) is 17.3 Å². The van der Waals surface area contributed by atoms with Gasteiger partial charge < -0.3 is 11.1 Å². The number of nitrogens with one attached hydrogen (secondary N) is 1. The van der Waals surface area contributed by atoms with Crippen LogP contribution in [0.15, 0.2) is 18.2 Å². The molecule has 1 aliphatic rings. The molecule has 2 rings (SSSR count). The van der Waals surface area contributed by atoms with E-state index in [-0.39, 0.29) is 10.9 Å². The largest absolute Gasteiger partial charge is 0.350 e. The summed E-state index contributed by atoms with van der Waals surface area (Å²) in [6, 6.07) is 4.35. The van der Waals surface area contributed by atoms with E-state index < -0.39 is 11.4 Å². The molecule has 1 aromatic carbocycles. The highest BCUT2D eigenvalue weighted by Gasteiger charge is 2.45. The van der Waals surface area contributed by atoms with Crippen molar-refractivity contribution in [1.29, 1.82) is 0 Å². The van der Waals surface area contributed by atoms with Gasteiger partial charge in [-0.25, -0.2) is 4.39 Å². The van der Waals surface area contributed by atoms with E-state index in [1.807, 2.05) is 0 Å². The molecule has 0 saturated heterocycles. The maximum absolute atomic E-state index is 12.9. The lowest BCUT2D eigenvalue weighted by molar-refractivity contribution is -0.123. The minimum Gasteiger partial charge on any atom is -0.350 e. The lowest BCUT2D eigenvalue weighted by Gasteiger charge is -2.10. The number of carbonyl (C=O) groups excluding carboxylic acids is 1. The van der Waals surface area contributed by atoms with Crippen LogP contribution in [-0.4, -0.2) is 11.4 Å². The number of amides is 1. The molecule has 0 unspecified atom stereocenters. The molecule has 16 heavy (non-hydrogen) atoms. The SMILES string of the molecule is NC1(C(=O)NCc2ccc(F)c(Cl)c2)CC1. The van der Waals surface area contributed by atoms with Gasteiger partial charge in [0, 0.05) is 6.54 Å². The third-order valence-electron chi connectivity index (χ3n) is 2.68. The van der Waals surface area contributed by atoms with Gasteiger partial charge >= 0.3 is 0 Å². The maximum Gasteiger partial charge on any atom is 0.240 e. The minimum atomic E-state index is -0.677. The number of benzene rings is 1. The van der Waals surface area contributed by atoms with Crippen molar-refractivity contribution in [2.24, 2.45) is 5.73 Å². The maximum atomic E-state index is 12.9. The van der Waals surface area contributed by atoms with Crippen LogP contribution in [0.2, 0.25) is 5.02 Å². The summed E-state index contributed by atoms with van der Waals surface area (Å²) in [5.74, 6) is -0.623. The van der Waals surface area contributed by atoms with E-state index in [0.29, 0.717) is 6.54 Å². The Bertz CT molecular complexity index is 432. The first-order valence-corrected chi connectivity index (χ1v) is 5.40. The van der Waals surface area contributed by atoms with Crippen LogP contribution in [0.1, 0.15) is 18.4 Å². The average molecular weight is 243 g/mol. The third-order valence-corrected chi connectivity index (χ3v) is 2.97. The number of hydrogen-bond donors (Lipinski definition) is 2. The highest BCUT2D eigenvalue weighted by molar-refractivity contribution is 6.30. The predicted molar refractivity (Wildman–Crippen MR) is 59.4 cm³/mol. The monoisotopic (exact) mass is 242 g/mol. The van der Waals surface area contributed by atoms with Crippen LogP contribution in [0.4, 0.5) is 4.39 Å². The zero-order valence-corrected chi connectivity index (χ0v) is 9.35. The number of carbonyl (C=O) groups is 1. The second-order valence-electron chi connectivity index (χ2n) is 4.09. The molecular formula is C11H12ClFN2O. The van der Waals surface area contributed by atoms with Crippen molar-refractivity contribution in [3.8, 4) is 0 Å². The zero-order chi connectivity index (χ0) is 11.8. The summed E-state index contributed by atoms with van der Waals surface area (Å²) in [6.45, 7) is 0.317. The van der Waals surface area contributed by atoms with Crippen LogP contribution in [-0.2, 0) is 11.3 Å². The van der Waals surface area contributed by atoms with E-state index in [9.17, 15) is 9.18 Å². The molecule has 0 aromatic heterocycles. The lowest BCUT2D eigenvalue weighted by Crippen LogP contribution is -2.42. The van der Waals surface area contributed by atoms with Gasteiger partial charge in [0.15, 0.2) is 0 Å². The van der Waals surface area contributed by atoms with E-state index in [2.05, 4.69) is 5.32 Å². The Morgan fingerprint density at radius 1 is 1.56 bits per heavy atom. The molecule has 86 valence electrons. The second-order valence-corrected chi connectivity index (χ2v) is 4.49. The summed E-state index contributed by atoms with van der Waals surface area (Å²) >= 11 is 5.62. The summed E-state index contributed by atoms with van der Waals surface area (Å²) in [6.07, 6.45) is 1.45. The molecule has 0 radical (unpaired) electrons. The van der Waals surface area contributed by atoms with Gasteiger partial charge in [0.25, 0.3) is 0 Å². The van der Waals surface area contributed by atoms with Gasteiger partial charge in [0.05, 0.1) is 10.6 Å². The highest BCUT2D eigenvalue weighted by atomic mass is 35.5. The minimum absolute atomic E-state index is 0.0561. The molecular weight excluding hydrogens is 231 g/mol. The van der Waals surface area contributed by atoms with Gasteiger partial charge in [0.1, 0.15) is 5.82 Å². The van der Waals surface area contributed by atoms with Gasteiger partial charge in [-0.05, 0) is 30.5 Å². The Hall–Kier alpha value is -1.13. The molecule has 3 N–H and O–H groups in total. The third kappa shape index (κ3) is 2.33. The fourth-order valence-corrected chi connectivity index (χ4v) is 1.57. The van der Waals surface area contributed by atoms with Crippen LogP contribution in [0.5, 0.6) is 0 Å². The molecule has 3 nitrogen and oxygen atoms in total. The van der Waals surface area contributed by atoms with Crippen molar-refractivity contribution in [1.82, 2.24) is 5.32 Å². The van der Waals surface area contributed by atoms with Crippen LogP contribution in [0, 0.1) is 5.82 Å². The van der Waals surface area contributed by atoms with Gasteiger partial charge in [-0.15, -0.1) is 0 Å². The standard InChI is InChI=1S/C11H12ClFN2O/c12-8-5-7(1-2-9(8)13)6-15-10(16)11(14)3-4-11/h1-2,5H,3-4,6,14H2,(H,15,16). The average Bonchev–Trinajstić information content (AvgIpc) is 2.99. The van der Waals surface area contributed by atoms with E-state index >= 15 is 0 Å². The van der Waals surface area contributed by atoms with Crippen molar-refractivity contribution in [2.45, 2.75) is 24.9 Å². The van der Waals surface area contributed by atoms with Crippen molar-refractivity contribution in [3.05, 3.63) is 34.6 Å². The molecule has 0 atom stereocenters. The van der Waals surface area contributed by atoms with Gasteiger partial charge in [-0.1, -0.05) is 17.7 Å². The second kappa shape index (κ2) is 4.03. The fraction of sp³-hybridized carbons (Fsp3) is 0.364. The molecule has 5 heteroatoms. The summed E-state index contributed by atoms with van der Waals surface area (Å²) in [5.41, 5.74) is 5.79. The quantitative estimate of drug-likeness (QED) is 0.846. The molecule has 1 amide bonds. The van der Waals surface area contributed by atoms with Crippen molar-refractivity contribution in [3.63, 3.8) is 0 Å². The molecule has 0 spiro atoms. The molecule has 0 heterocycles. The molecule has 1 fully saturated rings. The van der Waals surface area contributed by atoms with Crippen molar-refractivity contribution < 1.29 is 9.18 Å². The van der Waals surface area contributed by atoms with E-state index in [0.717, 1.165) is 18.4 Å². The Morgan fingerprint density at radius 2 is 2.25 bits per heavy atom. The Morgan fingerprint density at radius 3 is 2.81 bits per heavy atom. The topological polar surface area (TPSA) is 55.1 Å². The number of nitrogens with two attached hydrogens (primary N) is 1. The Labute approximate surface area is 97.8 Å². The predicted octanol–water partition coefficient (Wildman–Crippen LogP) is 1.59. The summed E-state index contributed by atoms with van der Waals surface area (Å²) in [4.78, 5) is 11.5. The number of rotatable bonds is 3. The van der Waals surface area contributed by atoms with Crippen LogP contribution < -0.4 is 11.1 Å². The van der Waals surface area contributed by atoms with Gasteiger partial charge in [-0.2, -0.15) is 0 Å². The van der Waals surface area contributed by atoms with Crippen molar-refractivity contribution >= 4 is 17.5 Å². The van der Waals surface area contributed by atoms with Gasteiger partial charge in [0.2, 0.25) is 5.91 Å². The van der Waals surface area contributed by atoms with Crippen LogP contribution in [0.3, 0.4) is 0 Å². The number of halogens is 2. The van der Waals surface area contributed by atoms with E-state index in [1.54, 1.807) is 6.07 Å². The molecule has 1 saturated carbocycles. The first kappa shape index (κ1) is 11.4. The van der Waals surface area contributed by atoms with Crippen LogP contribution in [0.25, 0.3) is 0 Å². The van der Waals surface area contributed by atoms with Gasteiger partial charge in [-0.3, -0.25) is 4.79 Å². The first-order chi connectivity index (χ1) is 7.51. The number of hydrogen-bond acceptors (Lipinski definition) is 2. The molecule has 1 aromatic rings. The first-order valence-electron chi connectivity index (χ1n) is 5.02. The summed E-state index contributed by atoms with van der Waals surface area (Å²) in [5, 5.41) is 2.76. The van der Waals surface area contributed by atoms with Crippen LogP contribution >= 0.6 is 11.6 Å². The smallest absolute Gasteiger partial charge is 0.240 e. The molecule has 0 bridgehead atoms. The molecule has 1 aliphatic carbocycles. The summed E-state index contributed by atoms with van der Waals surface area (Å²) < 4.78 is 12.9.